The normalized spacial score (nSPS) is 19.3. The molecule has 0 aliphatic carbocycles. The fraction of sp³-hybridized carbons (Fsp3) is 0.588. The van der Waals surface area contributed by atoms with Gasteiger partial charge in [0.2, 0.25) is 10.0 Å². The summed E-state index contributed by atoms with van der Waals surface area (Å²) in [6.45, 7) is 6.12. The van der Waals surface area contributed by atoms with Gasteiger partial charge in [-0.05, 0) is 51.8 Å². The maximum Gasteiger partial charge on any atom is 0.251 e. The summed E-state index contributed by atoms with van der Waals surface area (Å²) in [6.07, 6.45) is 2.72. The Labute approximate surface area is 144 Å². The van der Waals surface area contributed by atoms with Crippen LogP contribution in [0, 0.1) is 0 Å². The topological polar surface area (TPSA) is 75.7 Å². The van der Waals surface area contributed by atoms with E-state index in [1.807, 2.05) is 20.8 Å². The van der Waals surface area contributed by atoms with Gasteiger partial charge in [-0.1, -0.05) is 6.42 Å². The third kappa shape index (κ3) is 3.89. The van der Waals surface area contributed by atoms with E-state index in [0.29, 0.717) is 12.1 Å². The number of methoxy groups -OCH3 is 1. The molecule has 1 saturated heterocycles. The van der Waals surface area contributed by atoms with Gasteiger partial charge in [-0.2, -0.15) is 4.31 Å². The van der Waals surface area contributed by atoms with Crippen molar-refractivity contribution in [3.8, 4) is 5.75 Å². The number of carbonyl (C=O) groups is 1. The van der Waals surface area contributed by atoms with Gasteiger partial charge in [-0.25, -0.2) is 8.42 Å². The largest absolute Gasteiger partial charge is 0.495 e. The minimum absolute atomic E-state index is 0.0261. The summed E-state index contributed by atoms with van der Waals surface area (Å²) in [7, 11) is -2.28. The highest BCUT2D eigenvalue weighted by atomic mass is 32.2. The lowest BCUT2D eigenvalue weighted by Crippen LogP contribution is -2.42. The number of nitrogens with one attached hydrogen (secondary N) is 1. The quantitative estimate of drug-likeness (QED) is 0.881. The minimum Gasteiger partial charge on any atom is -0.495 e. The van der Waals surface area contributed by atoms with E-state index in [0.717, 1.165) is 19.3 Å². The molecule has 0 saturated carbocycles. The maximum absolute atomic E-state index is 13.1. The van der Waals surface area contributed by atoms with E-state index in [1.165, 1.54) is 23.5 Å². The number of sulfonamides is 1. The molecule has 1 aliphatic rings. The first-order chi connectivity index (χ1) is 11.3. The summed E-state index contributed by atoms with van der Waals surface area (Å²) in [5.41, 5.74) is 0.313. The van der Waals surface area contributed by atoms with Crippen molar-refractivity contribution in [3.63, 3.8) is 0 Å². The van der Waals surface area contributed by atoms with Gasteiger partial charge in [0.15, 0.2) is 0 Å². The van der Waals surface area contributed by atoms with Gasteiger partial charge in [-0.15, -0.1) is 0 Å². The number of carbonyl (C=O) groups excluding carboxylic acids is 1. The van der Waals surface area contributed by atoms with Crippen LogP contribution in [-0.4, -0.2) is 44.4 Å². The van der Waals surface area contributed by atoms with Crippen LogP contribution in [0.25, 0.3) is 0 Å². The molecule has 0 bridgehead atoms. The van der Waals surface area contributed by atoms with E-state index < -0.39 is 10.0 Å². The molecule has 134 valence electrons. The second-order valence-corrected chi connectivity index (χ2v) is 8.31. The van der Waals surface area contributed by atoms with Crippen LogP contribution in [0.1, 0.15) is 50.4 Å². The van der Waals surface area contributed by atoms with Gasteiger partial charge in [0.1, 0.15) is 10.6 Å². The number of hydrogen-bond donors (Lipinski definition) is 1. The van der Waals surface area contributed by atoms with Crippen molar-refractivity contribution >= 4 is 15.9 Å². The van der Waals surface area contributed by atoms with Crippen molar-refractivity contribution in [1.29, 1.82) is 0 Å². The van der Waals surface area contributed by atoms with Gasteiger partial charge in [-0.3, -0.25) is 4.79 Å². The van der Waals surface area contributed by atoms with E-state index in [9.17, 15) is 13.2 Å². The molecule has 1 amide bonds. The van der Waals surface area contributed by atoms with Crippen LogP contribution < -0.4 is 10.1 Å². The predicted molar refractivity (Wildman–Crippen MR) is 92.8 cm³/mol. The Bertz CT molecular complexity index is 701. The molecular formula is C17H26N2O4S. The van der Waals surface area contributed by atoms with Crippen molar-refractivity contribution in [2.45, 2.75) is 57.0 Å². The summed E-state index contributed by atoms with van der Waals surface area (Å²) < 4.78 is 32.9. The third-order valence-electron chi connectivity index (χ3n) is 4.17. The van der Waals surface area contributed by atoms with Gasteiger partial charge < -0.3 is 10.1 Å². The lowest BCUT2D eigenvalue weighted by atomic mass is 10.1. The Morgan fingerprint density at radius 1 is 1.33 bits per heavy atom. The Hall–Kier alpha value is -1.60. The number of hydrogen-bond acceptors (Lipinski definition) is 4. The van der Waals surface area contributed by atoms with Crippen LogP contribution in [0.3, 0.4) is 0 Å². The van der Waals surface area contributed by atoms with E-state index >= 15 is 0 Å². The van der Waals surface area contributed by atoms with Gasteiger partial charge in [0, 0.05) is 24.2 Å². The molecule has 1 aliphatic heterocycles. The van der Waals surface area contributed by atoms with E-state index in [-0.39, 0.29) is 28.6 Å². The average Bonchev–Trinajstić information content (AvgIpc) is 2.53. The molecule has 0 spiro atoms. The second-order valence-electron chi connectivity index (χ2n) is 6.45. The summed E-state index contributed by atoms with van der Waals surface area (Å²) in [6, 6.07) is 4.45. The van der Waals surface area contributed by atoms with Crippen LogP contribution in [0.2, 0.25) is 0 Å². The van der Waals surface area contributed by atoms with Gasteiger partial charge in [0.25, 0.3) is 5.91 Å². The Kier molecular flexibility index (Phi) is 5.87. The van der Waals surface area contributed by atoms with Crippen molar-refractivity contribution in [3.05, 3.63) is 23.8 Å². The molecular weight excluding hydrogens is 328 g/mol. The van der Waals surface area contributed by atoms with Crippen LogP contribution in [-0.2, 0) is 10.0 Å². The molecule has 1 aromatic carbocycles. The summed E-state index contributed by atoms with van der Waals surface area (Å²) in [4.78, 5) is 12.3. The molecule has 2 rings (SSSR count). The summed E-state index contributed by atoms with van der Waals surface area (Å²) in [5.74, 6) is -0.0373. The zero-order chi connectivity index (χ0) is 17.9. The number of ether oxygens (including phenoxy) is 1. The smallest absolute Gasteiger partial charge is 0.251 e. The van der Waals surface area contributed by atoms with Gasteiger partial charge in [0.05, 0.1) is 7.11 Å². The molecule has 1 N–H and O–H groups in total. The third-order valence-corrected chi connectivity index (χ3v) is 6.21. The number of amides is 1. The van der Waals surface area contributed by atoms with Crippen LogP contribution in [0.15, 0.2) is 23.1 Å². The Morgan fingerprint density at radius 2 is 2.04 bits per heavy atom. The first kappa shape index (κ1) is 18.7. The molecule has 1 aromatic rings. The first-order valence-electron chi connectivity index (χ1n) is 8.28. The molecule has 1 fully saturated rings. The number of rotatable bonds is 5. The lowest BCUT2D eigenvalue weighted by molar-refractivity contribution is 0.0943. The highest BCUT2D eigenvalue weighted by Crippen LogP contribution is 2.31. The fourth-order valence-corrected chi connectivity index (χ4v) is 4.80. The SMILES string of the molecule is COc1ccc(C(=O)NC(C)C)cc1S(=O)(=O)N1CCCC[C@H]1C. The first-order valence-corrected chi connectivity index (χ1v) is 9.72. The van der Waals surface area contributed by atoms with Gasteiger partial charge >= 0.3 is 0 Å². The van der Waals surface area contributed by atoms with E-state index in [4.69, 9.17) is 4.74 Å². The van der Waals surface area contributed by atoms with Crippen LogP contribution in [0.4, 0.5) is 0 Å². The standard InChI is InChI=1S/C17H26N2O4S/c1-12(2)18-17(20)14-8-9-15(23-4)16(11-14)24(21,22)19-10-6-5-7-13(19)3/h8-9,11-13H,5-7,10H2,1-4H3,(H,18,20)/t13-/m1/s1. The van der Waals surface area contributed by atoms with Crippen molar-refractivity contribution in [1.82, 2.24) is 9.62 Å². The van der Waals surface area contributed by atoms with Crippen molar-refractivity contribution < 1.29 is 17.9 Å². The lowest BCUT2D eigenvalue weighted by Gasteiger charge is -2.32. The molecule has 0 radical (unpaired) electrons. The Balaban J connectivity index is 2.44. The van der Waals surface area contributed by atoms with E-state index in [1.54, 1.807) is 6.07 Å². The zero-order valence-corrected chi connectivity index (χ0v) is 15.5. The van der Waals surface area contributed by atoms with Crippen molar-refractivity contribution in [2.75, 3.05) is 13.7 Å². The number of benzene rings is 1. The summed E-state index contributed by atoms with van der Waals surface area (Å²) >= 11 is 0. The molecule has 0 unspecified atom stereocenters. The Morgan fingerprint density at radius 3 is 2.62 bits per heavy atom. The molecule has 1 atom stereocenters. The van der Waals surface area contributed by atoms with Crippen LogP contribution >= 0.6 is 0 Å². The summed E-state index contributed by atoms with van der Waals surface area (Å²) in [5, 5.41) is 2.78. The fourth-order valence-electron chi connectivity index (χ4n) is 2.92. The number of piperidine rings is 1. The number of nitrogens with zero attached hydrogens (tertiary/aromatic N) is 1. The second kappa shape index (κ2) is 7.53. The monoisotopic (exact) mass is 354 g/mol. The average molecular weight is 354 g/mol. The van der Waals surface area contributed by atoms with Crippen molar-refractivity contribution in [2.24, 2.45) is 0 Å². The molecule has 24 heavy (non-hydrogen) atoms. The molecule has 6 nitrogen and oxygen atoms in total. The van der Waals surface area contributed by atoms with E-state index in [2.05, 4.69) is 5.32 Å². The highest BCUT2D eigenvalue weighted by Gasteiger charge is 2.33. The minimum atomic E-state index is -3.71. The molecule has 0 aromatic heterocycles. The predicted octanol–water partition coefficient (Wildman–Crippen LogP) is 2.40. The maximum atomic E-state index is 13.1. The zero-order valence-electron chi connectivity index (χ0n) is 14.7. The molecule has 1 heterocycles. The highest BCUT2D eigenvalue weighted by molar-refractivity contribution is 7.89. The van der Waals surface area contributed by atoms with Crippen LogP contribution in [0.5, 0.6) is 5.75 Å². The molecule has 7 heteroatoms.